The van der Waals surface area contributed by atoms with Crippen molar-refractivity contribution in [2.24, 2.45) is 0 Å². The maximum Gasteiger partial charge on any atom is 0.221 e. The second-order valence-electron chi connectivity index (χ2n) is 31.5. The topological polar surface area (TPSA) is 19.4 Å². The minimum absolute atomic E-state index is 0. The first kappa shape index (κ1) is 69.5. The number of hydrogen-bond acceptors (Lipinski definition) is 0. The largest absolute Gasteiger partial charge is 0.221 e. The van der Waals surface area contributed by atoms with Gasteiger partial charge in [-0.05, 0) is 237 Å². The SMILES string of the molecule is C.CCCc1ccc2c(c1)-c1ccc3ccccc3[n+]1C2.Cc1cc(C)c2c(c1)-c1c3ccccc3cc[n+]1C2.Cc1cc(C)c2c(c1)-c1ccc3ccc(-c4ccccc4)cc3[n+]1C2.Cc1cc(C)c2c(c1)-c1ccc3ccc(C(C)C)cc3[n+]1C2.Cc1cc(C)c2c3c1CCc1cc4ccccc4[n+](c1-3)C2. The van der Waals surface area contributed by atoms with Gasteiger partial charge in [0.15, 0.2) is 38.9 Å². The molecule has 1 aliphatic carbocycles. The predicted octanol–water partition coefficient (Wildman–Crippen LogP) is 22.7. The first-order valence-corrected chi connectivity index (χ1v) is 38.9. The van der Waals surface area contributed by atoms with Crippen molar-refractivity contribution in [3.05, 3.63) is 349 Å². The Morgan fingerprint density at radius 1 is 0.333 bits per heavy atom. The van der Waals surface area contributed by atoms with E-state index in [1.807, 2.05) is 0 Å². The second kappa shape index (κ2) is 28.0. The monoisotopic (exact) mass is 1400 g/mol. The van der Waals surface area contributed by atoms with Gasteiger partial charge in [0.2, 0.25) is 50.5 Å². The molecule has 0 fully saturated rings. The Labute approximate surface area is 638 Å². The Morgan fingerprint density at radius 3 is 1.51 bits per heavy atom. The van der Waals surface area contributed by atoms with Crippen LogP contribution in [-0.4, -0.2) is 0 Å². The minimum atomic E-state index is 0. The van der Waals surface area contributed by atoms with E-state index in [9.17, 15) is 0 Å². The van der Waals surface area contributed by atoms with Crippen molar-refractivity contribution in [1.29, 1.82) is 0 Å². The Morgan fingerprint density at radius 2 is 0.852 bits per heavy atom. The van der Waals surface area contributed by atoms with E-state index in [-0.39, 0.29) is 7.43 Å². The molecule has 0 radical (unpaired) electrons. The first-order chi connectivity index (χ1) is 52.1. The molecule has 16 aromatic rings. The normalized spacial score (nSPS) is 12.8. The van der Waals surface area contributed by atoms with Gasteiger partial charge in [-0.25, -0.2) is 0 Å². The standard InChI is InChI=1S/C24H20N.C21H22N.C20H18N.C19H18N.C18H16N.CH4/c1-16-12-17(2)22-15-25-23(21(22)13-16)11-10-19-8-9-20(14-24(19)25)18-6-4-3-5-7-18;1-13(2)17-6-5-16-7-8-20-18-10-14(3)9-15(4)19(18)12-22(20)21(16)11-17;1-12-9-13(2)17-11-21-18-6-4-3-5-14(18)10-15-7-8-16(12)19(17)20(15)21;1-2-5-14-8-9-16-13-20-18-7-4-3-6-15(18)10-11-19(20)17(16)12-14;1-12-9-13(2)17-11-19-8-7-14-5-3-4-6-15(14)18(19)16(17)10-12;/h3-14H,15H2,1-2H3;5-11,13H,12H2,1-4H3;3-6,9-10H,7-8,11H2,1-2H3;3-4,6-12H,2,5,13H2,1H3;3-10H,11H2,1-2H3;1H4/q5*+1;. The number of nitrogens with zero attached hydrogens (tertiary/aromatic N) is 5. The van der Waals surface area contributed by atoms with Crippen LogP contribution in [0, 0.1) is 55.4 Å². The average Bonchev–Trinajstić information content (AvgIpc) is 1.50. The van der Waals surface area contributed by atoms with Crippen LogP contribution in [0.3, 0.4) is 0 Å². The van der Waals surface area contributed by atoms with Crippen molar-refractivity contribution in [2.75, 3.05) is 0 Å². The van der Waals surface area contributed by atoms with Crippen LogP contribution in [0.4, 0.5) is 0 Å². The Kier molecular flexibility index (Phi) is 18.0. The summed E-state index contributed by atoms with van der Waals surface area (Å²) in [5, 5.41) is 8.00. The number of pyridine rings is 5. The van der Waals surface area contributed by atoms with Gasteiger partial charge in [0.25, 0.3) is 0 Å². The Balaban J connectivity index is 0.0000000989. The highest BCUT2D eigenvalue weighted by molar-refractivity contribution is 5.95. The van der Waals surface area contributed by atoms with E-state index in [4.69, 9.17) is 0 Å². The molecule has 11 aromatic carbocycles. The van der Waals surface area contributed by atoms with Crippen LogP contribution in [-0.2, 0) is 52.0 Å². The Hall–Kier alpha value is -11.5. The smallest absolute Gasteiger partial charge is 0.193 e. The van der Waals surface area contributed by atoms with E-state index in [1.165, 1.54) is 225 Å². The van der Waals surface area contributed by atoms with E-state index < -0.39 is 0 Å². The zero-order valence-electron chi connectivity index (χ0n) is 63.9. The van der Waals surface area contributed by atoms with Crippen LogP contribution >= 0.6 is 0 Å². The molecule has 0 amide bonds. The lowest BCUT2D eigenvalue weighted by Gasteiger charge is -2.18. The molecule has 0 saturated carbocycles. The maximum absolute atomic E-state index is 2.55. The second-order valence-corrected chi connectivity index (χ2v) is 31.5. The number of benzene rings is 11. The van der Waals surface area contributed by atoms with Crippen LogP contribution in [0.2, 0.25) is 0 Å². The Bertz CT molecular complexity index is 6370. The summed E-state index contributed by atoms with van der Waals surface area (Å²) in [7, 11) is 0. The predicted molar refractivity (Wildman–Crippen MR) is 449 cm³/mol. The first-order valence-electron chi connectivity index (χ1n) is 38.9. The molecule has 5 nitrogen and oxygen atoms in total. The highest BCUT2D eigenvalue weighted by Crippen LogP contribution is 2.43. The van der Waals surface area contributed by atoms with E-state index in [1.54, 1.807) is 16.7 Å². The van der Waals surface area contributed by atoms with Gasteiger partial charge in [0.05, 0.1) is 33.2 Å². The number of fused-ring (bicyclic) bond motifs is 22. The number of rotatable bonds is 4. The van der Waals surface area contributed by atoms with E-state index in [0.717, 1.165) is 32.7 Å². The molecule has 0 atom stereocenters. The molecule has 22 rings (SSSR count). The van der Waals surface area contributed by atoms with Crippen molar-refractivity contribution >= 4 is 54.4 Å². The third kappa shape index (κ3) is 12.2. The summed E-state index contributed by atoms with van der Waals surface area (Å²) in [5.41, 5.74) is 46.6. The van der Waals surface area contributed by atoms with Gasteiger partial charge in [-0.2, -0.15) is 22.8 Å². The van der Waals surface area contributed by atoms with Crippen LogP contribution in [0.5, 0.6) is 0 Å². The van der Waals surface area contributed by atoms with Gasteiger partial charge in [0, 0.05) is 103 Å². The fourth-order valence-corrected chi connectivity index (χ4v) is 18.7. The van der Waals surface area contributed by atoms with Gasteiger partial charge in [-0.1, -0.05) is 156 Å². The van der Waals surface area contributed by atoms with Gasteiger partial charge in [-0.15, -0.1) is 0 Å². The summed E-state index contributed by atoms with van der Waals surface area (Å²) in [4.78, 5) is 0. The van der Waals surface area contributed by atoms with Crippen molar-refractivity contribution < 1.29 is 22.8 Å². The molecular weight excluding hydrogens is 1310 g/mol. The maximum atomic E-state index is 2.55. The molecule has 530 valence electrons. The number of hydrogen-bond donors (Lipinski definition) is 0. The summed E-state index contributed by atoms with van der Waals surface area (Å²) in [5.74, 6) is 0.564. The molecule has 0 N–H and O–H groups in total. The third-order valence-corrected chi connectivity index (χ3v) is 24.0. The van der Waals surface area contributed by atoms with Gasteiger partial charge in [-0.3, -0.25) is 0 Å². The van der Waals surface area contributed by atoms with E-state index in [2.05, 4.69) is 354 Å². The summed E-state index contributed by atoms with van der Waals surface area (Å²) >= 11 is 0. The highest BCUT2D eigenvalue weighted by atomic mass is 15.0. The summed E-state index contributed by atoms with van der Waals surface area (Å²) in [6, 6.07) is 91.9. The van der Waals surface area contributed by atoms with Crippen molar-refractivity contribution in [2.45, 2.75) is 148 Å². The molecule has 5 aromatic heterocycles. The van der Waals surface area contributed by atoms with Gasteiger partial charge in [0.1, 0.15) is 0 Å². The summed E-state index contributed by atoms with van der Waals surface area (Å²) < 4.78 is 12.3. The number of para-hydroxylation sites is 2. The third-order valence-electron chi connectivity index (χ3n) is 24.0. The van der Waals surface area contributed by atoms with Crippen LogP contribution in [0.1, 0.15) is 135 Å². The molecule has 5 aliphatic heterocycles. The van der Waals surface area contributed by atoms with Crippen molar-refractivity contribution in [3.8, 4) is 67.4 Å². The lowest BCUT2D eigenvalue weighted by molar-refractivity contribution is -0.671. The molecule has 10 heterocycles. The minimum Gasteiger partial charge on any atom is -0.193 e. The van der Waals surface area contributed by atoms with Crippen molar-refractivity contribution in [3.63, 3.8) is 0 Å². The molecule has 6 aliphatic rings. The summed E-state index contributed by atoms with van der Waals surface area (Å²) in [6.07, 6.45) is 6.96. The van der Waals surface area contributed by atoms with E-state index in [0.29, 0.717) is 5.92 Å². The fourth-order valence-electron chi connectivity index (χ4n) is 18.7. The average molecular weight is 1410 g/mol. The van der Waals surface area contributed by atoms with Gasteiger partial charge < -0.3 is 0 Å². The number of aryl methyl sites for hydroxylation is 10. The summed E-state index contributed by atoms with van der Waals surface area (Å²) in [6.45, 7) is 29.6. The molecule has 0 spiro atoms. The quantitative estimate of drug-likeness (QED) is 0.157. The number of aromatic nitrogens is 5. The molecule has 0 saturated heterocycles. The fraction of sp³-hybridized carbons (Fsp3) is 0.214. The lowest BCUT2D eigenvalue weighted by atomic mass is 9.83. The molecule has 108 heavy (non-hydrogen) atoms. The van der Waals surface area contributed by atoms with Crippen LogP contribution in [0.15, 0.2) is 255 Å². The molecule has 0 bridgehead atoms. The van der Waals surface area contributed by atoms with Crippen LogP contribution in [0.25, 0.3) is 122 Å². The van der Waals surface area contributed by atoms with Crippen molar-refractivity contribution in [1.82, 2.24) is 0 Å². The van der Waals surface area contributed by atoms with Crippen LogP contribution < -0.4 is 22.8 Å². The van der Waals surface area contributed by atoms with E-state index >= 15 is 0 Å². The zero-order valence-corrected chi connectivity index (χ0v) is 63.9. The highest BCUT2D eigenvalue weighted by Gasteiger charge is 2.39. The molecular formula is C103H98N5+5. The van der Waals surface area contributed by atoms with Gasteiger partial charge >= 0.3 is 0 Å². The lowest BCUT2D eigenvalue weighted by Crippen LogP contribution is -2.35. The zero-order chi connectivity index (χ0) is 73.0. The molecule has 5 heteroatoms. The molecule has 0 unspecified atom stereocenters.